The first kappa shape index (κ1) is 9.98. The van der Waals surface area contributed by atoms with Crippen LogP contribution < -0.4 is 11.4 Å². The van der Waals surface area contributed by atoms with Crippen LogP contribution in [0.3, 0.4) is 0 Å². The average molecular weight is 205 g/mol. The zero-order valence-electron chi connectivity index (χ0n) is 8.92. The second-order valence-corrected chi connectivity index (χ2v) is 4.62. The van der Waals surface area contributed by atoms with E-state index in [2.05, 4.69) is 9.97 Å². The summed E-state index contributed by atoms with van der Waals surface area (Å²) in [5, 5.41) is 0. The second-order valence-electron chi connectivity index (χ2n) is 4.62. The molecule has 4 heteroatoms. The van der Waals surface area contributed by atoms with Gasteiger partial charge in [0.25, 0.3) is 0 Å². The van der Waals surface area contributed by atoms with Crippen LogP contribution in [-0.2, 0) is 6.42 Å². The van der Waals surface area contributed by atoms with Gasteiger partial charge in [-0.3, -0.25) is 0 Å². The molecule has 0 aliphatic rings. The van der Waals surface area contributed by atoms with Crippen molar-refractivity contribution in [2.45, 2.75) is 25.8 Å². The van der Waals surface area contributed by atoms with Crippen LogP contribution in [-0.4, -0.2) is 15.5 Å². The van der Waals surface area contributed by atoms with Crippen LogP contribution in [0.25, 0.3) is 11.0 Å². The normalized spacial score (nSPS) is 12.2. The van der Waals surface area contributed by atoms with Crippen molar-refractivity contribution in [2.24, 2.45) is 5.73 Å². The topological polar surface area (TPSA) is 74.7 Å². The fourth-order valence-electron chi connectivity index (χ4n) is 1.72. The number of rotatable bonds is 2. The number of hydrogen-bond acceptors (Lipinski definition) is 2. The summed E-state index contributed by atoms with van der Waals surface area (Å²) in [6, 6.07) is 5.84. The van der Waals surface area contributed by atoms with E-state index in [1.165, 1.54) is 0 Å². The minimum absolute atomic E-state index is 0.172. The smallest absolute Gasteiger partial charge is 0.323 e. The van der Waals surface area contributed by atoms with Gasteiger partial charge in [-0.2, -0.15) is 0 Å². The molecule has 80 valence electrons. The molecule has 4 N–H and O–H groups in total. The van der Waals surface area contributed by atoms with Gasteiger partial charge >= 0.3 is 5.69 Å². The van der Waals surface area contributed by atoms with Crippen LogP contribution in [0.2, 0.25) is 0 Å². The molecule has 1 aromatic carbocycles. The Bertz CT molecular complexity index is 530. The minimum Gasteiger partial charge on any atom is -0.325 e. The molecule has 1 aromatic heterocycles. The first-order chi connectivity index (χ1) is 6.94. The van der Waals surface area contributed by atoms with E-state index >= 15 is 0 Å². The molecule has 2 rings (SSSR count). The molecule has 0 spiro atoms. The Hall–Kier alpha value is -1.55. The summed E-state index contributed by atoms with van der Waals surface area (Å²) in [6.45, 7) is 3.97. The van der Waals surface area contributed by atoms with Gasteiger partial charge in [-0.15, -0.1) is 0 Å². The standard InChI is InChI=1S/C11H15N3O/c1-11(2,12)6-7-3-4-8-9(5-7)14-10(15)13-8/h3-5H,6,12H2,1-2H3,(H2,13,14,15). The zero-order chi connectivity index (χ0) is 11.1. The van der Waals surface area contributed by atoms with Crippen LogP contribution in [0.4, 0.5) is 0 Å². The van der Waals surface area contributed by atoms with Gasteiger partial charge in [0.05, 0.1) is 11.0 Å². The molecule has 0 saturated heterocycles. The third-order valence-corrected chi connectivity index (χ3v) is 2.24. The lowest BCUT2D eigenvalue weighted by molar-refractivity contribution is 0.517. The molecule has 0 fully saturated rings. The number of imidazole rings is 1. The number of H-pyrrole nitrogens is 2. The fraction of sp³-hybridized carbons (Fsp3) is 0.364. The molecule has 0 aliphatic carbocycles. The molecule has 0 aliphatic heterocycles. The Labute approximate surface area is 87.5 Å². The lowest BCUT2D eigenvalue weighted by Gasteiger charge is -2.18. The van der Waals surface area contributed by atoms with Gasteiger partial charge < -0.3 is 15.7 Å². The van der Waals surface area contributed by atoms with Crippen LogP contribution in [0.5, 0.6) is 0 Å². The summed E-state index contributed by atoms with van der Waals surface area (Å²) in [5.41, 5.74) is 8.33. The van der Waals surface area contributed by atoms with Gasteiger partial charge in [0, 0.05) is 5.54 Å². The molecule has 0 bridgehead atoms. The van der Waals surface area contributed by atoms with Gasteiger partial charge in [-0.25, -0.2) is 4.79 Å². The Morgan fingerprint density at radius 2 is 1.93 bits per heavy atom. The van der Waals surface area contributed by atoms with Gasteiger partial charge in [0.15, 0.2) is 0 Å². The quantitative estimate of drug-likeness (QED) is 0.687. The van der Waals surface area contributed by atoms with E-state index in [1.807, 2.05) is 32.0 Å². The molecular weight excluding hydrogens is 190 g/mol. The van der Waals surface area contributed by atoms with E-state index in [1.54, 1.807) is 0 Å². The summed E-state index contributed by atoms with van der Waals surface area (Å²) in [6.07, 6.45) is 0.788. The number of benzene rings is 1. The summed E-state index contributed by atoms with van der Waals surface area (Å²) in [5.74, 6) is 0. The third kappa shape index (κ3) is 2.27. The van der Waals surface area contributed by atoms with Crippen molar-refractivity contribution in [3.05, 3.63) is 34.2 Å². The summed E-state index contributed by atoms with van der Waals surface area (Å²) in [4.78, 5) is 16.5. The first-order valence-corrected chi connectivity index (χ1v) is 4.94. The molecule has 0 amide bonds. The van der Waals surface area contributed by atoms with E-state index in [0.717, 1.165) is 23.0 Å². The predicted octanol–water partition coefficient (Wildman–Crippen LogP) is 1.14. The largest absolute Gasteiger partial charge is 0.325 e. The number of aromatic amines is 2. The summed E-state index contributed by atoms with van der Waals surface area (Å²) >= 11 is 0. The lowest BCUT2D eigenvalue weighted by atomic mass is 9.96. The average Bonchev–Trinajstić information content (AvgIpc) is 2.40. The number of hydrogen-bond donors (Lipinski definition) is 3. The summed E-state index contributed by atoms with van der Waals surface area (Å²) in [7, 11) is 0. The molecule has 15 heavy (non-hydrogen) atoms. The highest BCUT2D eigenvalue weighted by atomic mass is 16.1. The highest BCUT2D eigenvalue weighted by Crippen LogP contribution is 2.14. The Balaban J connectivity index is 2.42. The number of fused-ring (bicyclic) bond motifs is 1. The third-order valence-electron chi connectivity index (χ3n) is 2.24. The maximum atomic E-state index is 11.0. The highest BCUT2D eigenvalue weighted by Gasteiger charge is 2.12. The Kier molecular flexibility index (Phi) is 2.16. The highest BCUT2D eigenvalue weighted by molar-refractivity contribution is 5.75. The van der Waals surface area contributed by atoms with Crippen LogP contribution >= 0.6 is 0 Å². The SMILES string of the molecule is CC(C)(N)Cc1ccc2[nH]c(=O)[nH]c2c1. The van der Waals surface area contributed by atoms with Crippen molar-refractivity contribution < 1.29 is 0 Å². The van der Waals surface area contributed by atoms with Gasteiger partial charge in [0.2, 0.25) is 0 Å². The second kappa shape index (κ2) is 3.24. The molecule has 0 atom stereocenters. The van der Waals surface area contributed by atoms with E-state index in [0.29, 0.717) is 0 Å². The number of nitrogens with one attached hydrogen (secondary N) is 2. The maximum absolute atomic E-state index is 11.0. The van der Waals surface area contributed by atoms with E-state index in [9.17, 15) is 4.79 Å². The molecular formula is C11H15N3O. The van der Waals surface area contributed by atoms with Gasteiger partial charge in [-0.1, -0.05) is 6.07 Å². The van der Waals surface area contributed by atoms with Crippen molar-refractivity contribution >= 4 is 11.0 Å². The molecule has 1 heterocycles. The van der Waals surface area contributed by atoms with Crippen molar-refractivity contribution in [1.29, 1.82) is 0 Å². The van der Waals surface area contributed by atoms with E-state index in [4.69, 9.17) is 5.73 Å². The number of aromatic nitrogens is 2. The molecule has 0 unspecified atom stereocenters. The van der Waals surface area contributed by atoms with Crippen molar-refractivity contribution in [3.8, 4) is 0 Å². The fourth-order valence-corrected chi connectivity index (χ4v) is 1.72. The van der Waals surface area contributed by atoms with Crippen LogP contribution in [0.1, 0.15) is 19.4 Å². The summed E-state index contributed by atoms with van der Waals surface area (Å²) < 4.78 is 0. The first-order valence-electron chi connectivity index (χ1n) is 4.94. The lowest BCUT2D eigenvalue weighted by Crippen LogP contribution is -2.34. The molecule has 2 aromatic rings. The van der Waals surface area contributed by atoms with E-state index < -0.39 is 0 Å². The van der Waals surface area contributed by atoms with Crippen LogP contribution in [0.15, 0.2) is 23.0 Å². The monoisotopic (exact) mass is 205 g/mol. The van der Waals surface area contributed by atoms with Crippen molar-refractivity contribution in [1.82, 2.24) is 9.97 Å². The molecule has 0 saturated carbocycles. The Morgan fingerprint density at radius 3 is 2.60 bits per heavy atom. The maximum Gasteiger partial charge on any atom is 0.323 e. The molecule has 0 radical (unpaired) electrons. The number of nitrogens with two attached hydrogens (primary N) is 1. The van der Waals surface area contributed by atoms with Gasteiger partial charge in [-0.05, 0) is 38.0 Å². The van der Waals surface area contributed by atoms with E-state index in [-0.39, 0.29) is 11.2 Å². The van der Waals surface area contributed by atoms with Crippen LogP contribution in [0, 0.1) is 0 Å². The van der Waals surface area contributed by atoms with Crippen molar-refractivity contribution in [3.63, 3.8) is 0 Å². The Morgan fingerprint density at radius 1 is 1.27 bits per heavy atom. The minimum atomic E-state index is -0.232. The molecule has 4 nitrogen and oxygen atoms in total. The zero-order valence-corrected chi connectivity index (χ0v) is 8.92. The van der Waals surface area contributed by atoms with Gasteiger partial charge in [0.1, 0.15) is 0 Å². The van der Waals surface area contributed by atoms with Crippen molar-refractivity contribution in [2.75, 3.05) is 0 Å². The predicted molar refractivity (Wildman–Crippen MR) is 60.9 cm³/mol.